The van der Waals surface area contributed by atoms with Gasteiger partial charge in [0.2, 0.25) is 11.8 Å². The number of amides is 5. The summed E-state index contributed by atoms with van der Waals surface area (Å²) in [5.41, 5.74) is -0.687. The minimum Gasteiger partial charge on any atom is -0.353 e. The third kappa shape index (κ3) is 5.69. The number of hydrogen-bond acceptors (Lipinski definition) is 4. The molecule has 0 aromatic heterocycles. The largest absolute Gasteiger partial charge is 0.353 e. The monoisotopic (exact) mass is 462 g/mol. The molecular weight excluding hydrogens is 420 g/mol. The van der Waals surface area contributed by atoms with E-state index >= 15 is 0 Å². The summed E-state index contributed by atoms with van der Waals surface area (Å²) in [7, 11) is 0. The van der Waals surface area contributed by atoms with Gasteiger partial charge < -0.3 is 15.5 Å². The molecule has 0 unspecified atom stereocenters. The van der Waals surface area contributed by atoms with E-state index in [0.717, 1.165) is 43.4 Å². The van der Waals surface area contributed by atoms with Gasteiger partial charge in [0.1, 0.15) is 12.1 Å². The summed E-state index contributed by atoms with van der Waals surface area (Å²) in [5, 5.41) is 5.96. The molecule has 1 spiro atoms. The molecule has 0 aromatic carbocycles. The van der Waals surface area contributed by atoms with Crippen molar-refractivity contribution in [3.63, 3.8) is 0 Å². The van der Waals surface area contributed by atoms with Crippen LogP contribution in [0, 0.1) is 17.3 Å². The van der Waals surface area contributed by atoms with Gasteiger partial charge in [-0.3, -0.25) is 19.3 Å². The zero-order valence-corrected chi connectivity index (χ0v) is 21.0. The molecule has 2 saturated heterocycles. The molecule has 1 saturated carbocycles. The molecule has 3 fully saturated rings. The molecule has 5 amide bonds. The number of nitrogens with zero attached hydrogens (tertiary/aromatic N) is 2. The van der Waals surface area contributed by atoms with Gasteiger partial charge in [-0.25, -0.2) is 4.79 Å². The van der Waals surface area contributed by atoms with Gasteiger partial charge in [0.25, 0.3) is 5.91 Å². The van der Waals surface area contributed by atoms with Crippen molar-refractivity contribution in [3.8, 4) is 0 Å². The Morgan fingerprint density at radius 1 is 1.18 bits per heavy atom. The van der Waals surface area contributed by atoms with Crippen LogP contribution in [-0.4, -0.2) is 64.8 Å². The van der Waals surface area contributed by atoms with Crippen molar-refractivity contribution in [1.82, 2.24) is 20.4 Å². The predicted octanol–water partition coefficient (Wildman–Crippen LogP) is 3.06. The summed E-state index contributed by atoms with van der Waals surface area (Å²) < 4.78 is 0. The van der Waals surface area contributed by atoms with E-state index in [2.05, 4.69) is 38.3 Å². The number of piperidine rings is 1. The summed E-state index contributed by atoms with van der Waals surface area (Å²) in [4.78, 5) is 54.3. The molecule has 2 atom stereocenters. The third-order valence-electron chi connectivity index (χ3n) is 7.86. The molecule has 186 valence electrons. The smallest absolute Gasteiger partial charge is 0.325 e. The molecule has 2 heterocycles. The Balaban J connectivity index is 1.57. The second-order valence-corrected chi connectivity index (χ2v) is 11.4. The van der Waals surface area contributed by atoms with Crippen LogP contribution in [0.5, 0.6) is 0 Å². The molecule has 3 rings (SSSR count). The van der Waals surface area contributed by atoms with E-state index in [9.17, 15) is 19.2 Å². The summed E-state index contributed by atoms with van der Waals surface area (Å²) in [6, 6.07) is -0.355. The maximum atomic E-state index is 13.2. The summed E-state index contributed by atoms with van der Waals surface area (Å²) in [6.45, 7) is 11.4. The van der Waals surface area contributed by atoms with Crippen LogP contribution in [0.2, 0.25) is 0 Å². The van der Waals surface area contributed by atoms with Gasteiger partial charge in [-0.05, 0) is 63.2 Å². The highest BCUT2D eigenvalue weighted by atomic mass is 16.2. The second-order valence-electron chi connectivity index (χ2n) is 11.4. The zero-order valence-electron chi connectivity index (χ0n) is 21.0. The zero-order chi connectivity index (χ0) is 24.4. The average Bonchev–Trinajstić information content (AvgIpc) is 2.97. The fraction of sp³-hybridized carbons (Fsp3) is 0.840. The van der Waals surface area contributed by atoms with Gasteiger partial charge in [-0.2, -0.15) is 0 Å². The fourth-order valence-electron chi connectivity index (χ4n) is 5.65. The number of carbonyl (C=O) groups excluding carboxylic acids is 4. The maximum absolute atomic E-state index is 13.2. The Kier molecular flexibility index (Phi) is 7.74. The highest BCUT2D eigenvalue weighted by molar-refractivity contribution is 6.09. The Morgan fingerprint density at radius 3 is 2.45 bits per heavy atom. The van der Waals surface area contributed by atoms with Crippen LogP contribution in [0.1, 0.15) is 86.0 Å². The Labute approximate surface area is 198 Å². The van der Waals surface area contributed by atoms with Gasteiger partial charge in [0.05, 0.1) is 5.92 Å². The lowest BCUT2D eigenvalue weighted by atomic mass is 9.67. The van der Waals surface area contributed by atoms with E-state index < -0.39 is 11.6 Å². The van der Waals surface area contributed by atoms with E-state index in [-0.39, 0.29) is 41.6 Å². The first-order valence-corrected chi connectivity index (χ1v) is 12.7. The molecule has 0 radical (unpaired) electrons. The lowest BCUT2D eigenvalue weighted by Crippen LogP contribution is -2.52. The van der Waals surface area contributed by atoms with Crippen molar-refractivity contribution in [3.05, 3.63) is 0 Å². The molecule has 0 bridgehead atoms. The van der Waals surface area contributed by atoms with E-state index in [1.54, 1.807) is 4.90 Å². The highest BCUT2D eigenvalue weighted by Crippen LogP contribution is 2.43. The highest BCUT2D eigenvalue weighted by Gasteiger charge is 2.53. The van der Waals surface area contributed by atoms with Gasteiger partial charge >= 0.3 is 6.03 Å². The van der Waals surface area contributed by atoms with Crippen LogP contribution in [0.4, 0.5) is 4.79 Å². The third-order valence-corrected chi connectivity index (χ3v) is 7.86. The quantitative estimate of drug-likeness (QED) is 0.593. The van der Waals surface area contributed by atoms with Gasteiger partial charge in [-0.1, -0.05) is 34.1 Å². The molecule has 0 aromatic rings. The van der Waals surface area contributed by atoms with Crippen molar-refractivity contribution in [2.75, 3.05) is 19.6 Å². The van der Waals surface area contributed by atoms with Gasteiger partial charge in [0, 0.05) is 19.1 Å². The minimum absolute atomic E-state index is 0.0157. The van der Waals surface area contributed by atoms with Crippen LogP contribution < -0.4 is 10.6 Å². The maximum Gasteiger partial charge on any atom is 0.325 e. The number of urea groups is 1. The number of hydrogen-bond donors (Lipinski definition) is 2. The molecule has 33 heavy (non-hydrogen) atoms. The molecule has 8 heteroatoms. The van der Waals surface area contributed by atoms with E-state index in [0.29, 0.717) is 31.8 Å². The summed E-state index contributed by atoms with van der Waals surface area (Å²) in [6.07, 6.45) is 6.41. The minimum atomic E-state index is -0.862. The van der Waals surface area contributed by atoms with Crippen LogP contribution >= 0.6 is 0 Å². The Bertz CT molecular complexity index is 767. The van der Waals surface area contributed by atoms with E-state index in [4.69, 9.17) is 0 Å². The second kappa shape index (κ2) is 10.0. The van der Waals surface area contributed by atoms with Crippen molar-refractivity contribution in [1.29, 1.82) is 0 Å². The van der Waals surface area contributed by atoms with E-state index in [1.165, 1.54) is 0 Å². The molecular formula is C25H42N4O4. The van der Waals surface area contributed by atoms with Crippen LogP contribution in [-0.2, 0) is 14.4 Å². The molecule has 8 nitrogen and oxygen atoms in total. The van der Waals surface area contributed by atoms with Crippen LogP contribution in [0.3, 0.4) is 0 Å². The van der Waals surface area contributed by atoms with Crippen molar-refractivity contribution >= 4 is 23.8 Å². The Morgan fingerprint density at radius 2 is 1.85 bits per heavy atom. The normalized spacial score (nSPS) is 29.2. The number of rotatable bonds is 6. The lowest BCUT2D eigenvalue weighted by molar-refractivity contribution is -0.142. The number of imide groups is 1. The van der Waals surface area contributed by atoms with E-state index in [1.807, 2.05) is 6.92 Å². The standard InChI is InChI=1S/C25H42N4O4/c1-6-8-17(2)26-21(31)18-9-7-14-28(15-18)20(30)16-29-22(32)25(27-23(29)33)12-10-19(11-13-25)24(3,4)5/h17-19H,6-16H2,1-5H3,(H,26,31)(H,27,33)/t17-,18+,19?,25?/m1/s1. The number of nitrogens with one attached hydrogen (secondary N) is 2. The first-order valence-electron chi connectivity index (χ1n) is 12.7. The fourth-order valence-corrected chi connectivity index (χ4v) is 5.65. The van der Waals surface area contributed by atoms with Crippen LogP contribution in [0.15, 0.2) is 0 Å². The average molecular weight is 463 g/mol. The van der Waals surface area contributed by atoms with Crippen molar-refractivity contribution in [2.45, 2.75) is 97.6 Å². The number of likely N-dealkylation sites (tertiary alicyclic amines) is 1. The van der Waals surface area contributed by atoms with Crippen molar-refractivity contribution in [2.24, 2.45) is 17.3 Å². The Hall–Kier alpha value is -2.12. The summed E-state index contributed by atoms with van der Waals surface area (Å²) in [5.74, 6) is -0.284. The molecule has 3 aliphatic rings. The van der Waals surface area contributed by atoms with Crippen molar-refractivity contribution < 1.29 is 19.2 Å². The van der Waals surface area contributed by atoms with Gasteiger partial charge in [0.15, 0.2) is 0 Å². The predicted molar refractivity (Wildman–Crippen MR) is 126 cm³/mol. The molecule has 2 N–H and O–H groups in total. The van der Waals surface area contributed by atoms with Gasteiger partial charge in [-0.15, -0.1) is 0 Å². The first kappa shape index (κ1) is 25.5. The molecule has 1 aliphatic carbocycles. The molecule has 2 aliphatic heterocycles. The van der Waals surface area contributed by atoms with Crippen LogP contribution in [0.25, 0.3) is 0 Å². The first-order chi connectivity index (χ1) is 15.5. The SMILES string of the molecule is CCC[C@@H](C)NC(=O)[C@H]1CCCN(C(=O)CN2C(=O)NC3(CCC(C(C)(C)C)CC3)C2=O)C1. The lowest BCUT2D eigenvalue weighted by Gasteiger charge is -2.40. The topological polar surface area (TPSA) is 98.8 Å². The number of carbonyl (C=O) groups is 4. The summed E-state index contributed by atoms with van der Waals surface area (Å²) >= 11 is 0.